The van der Waals surface area contributed by atoms with Gasteiger partial charge in [0.25, 0.3) is 5.91 Å². The number of nitrogens with one attached hydrogen (secondary N) is 1. The van der Waals surface area contributed by atoms with E-state index in [1.807, 2.05) is 12.1 Å². The summed E-state index contributed by atoms with van der Waals surface area (Å²) >= 11 is 6.08. The molecule has 0 heterocycles. The van der Waals surface area contributed by atoms with E-state index >= 15 is 0 Å². The second-order valence-corrected chi connectivity index (χ2v) is 10.3. The summed E-state index contributed by atoms with van der Waals surface area (Å²) in [7, 11) is -1.65. The number of benzene rings is 1. The fraction of sp³-hybridized carbons (Fsp3) is 0.417. The van der Waals surface area contributed by atoms with Gasteiger partial charge in [-0.3, -0.25) is 4.79 Å². The van der Waals surface area contributed by atoms with Gasteiger partial charge in [-0.2, -0.15) is 0 Å². The SMILES string of the molecule is C[Si](C)(C)c1cccc(Cl)c1C(=O)NCCF. The topological polar surface area (TPSA) is 29.1 Å². The van der Waals surface area contributed by atoms with E-state index in [4.69, 9.17) is 11.6 Å². The first kappa shape index (κ1) is 14.2. The third-order valence-corrected chi connectivity index (χ3v) is 4.78. The van der Waals surface area contributed by atoms with Gasteiger partial charge in [0.1, 0.15) is 6.67 Å². The number of amides is 1. The number of rotatable bonds is 4. The molecule has 0 unspecified atom stereocenters. The van der Waals surface area contributed by atoms with Gasteiger partial charge in [0.05, 0.1) is 18.7 Å². The molecule has 17 heavy (non-hydrogen) atoms. The number of carbonyl (C=O) groups excluding carboxylic acids is 1. The zero-order chi connectivity index (χ0) is 13.1. The van der Waals surface area contributed by atoms with Crippen molar-refractivity contribution in [1.29, 1.82) is 0 Å². The van der Waals surface area contributed by atoms with Crippen LogP contribution in [0.1, 0.15) is 10.4 Å². The van der Waals surface area contributed by atoms with Crippen molar-refractivity contribution >= 4 is 30.8 Å². The molecule has 1 rings (SSSR count). The van der Waals surface area contributed by atoms with Gasteiger partial charge in [0.2, 0.25) is 0 Å². The zero-order valence-electron chi connectivity index (χ0n) is 10.3. The molecular weight excluding hydrogens is 257 g/mol. The Bertz CT molecular complexity index is 417. The highest BCUT2D eigenvalue weighted by Crippen LogP contribution is 2.17. The summed E-state index contributed by atoms with van der Waals surface area (Å²) in [4.78, 5) is 12.0. The summed E-state index contributed by atoms with van der Waals surface area (Å²) in [5.74, 6) is -0.286. The smallest absolute Gasteiger partial charge is 0.252 e. The van der Waals surface area contributed by atoms with Crippen molar-refractivity contribution < 1.29 is 9.18 Å². The van der Waals surface area contributed by atoms with Crippen molar-refractivity contribution in [3.63, 3.8) is 0 Å². The highest BCUT2D eigenvalue weighted by Gasteiger charge is 2.25. The number of alkyl halides is 1. The lowest BCUT2D eigenvalue weighted by molar-refractivity contribution is 0.0952. The summed E-state index contributed by atoms with van der Waals surface area (Å²) in [6.45, 7) is 5.88. The second kappa shape index (κ2) is 5.64. The lowest BCUT2D eigenvalue weighted by Crippen LogP contribution is -2.43. The van der Waals surface area contributed by atoms with Gasteiger partial charge in [-0.1, -0.05) is 43.4 Å². The first-order chi connectivity index (χ1) is 7.88. The normalized spacial score (nSPS) is 11.4. The van der Waals surface area contributed by atoms with E-state index in [0.29, 0.717) is 10.6 Å². The molecule has 1 aromatic rings. The van der Waals surface area contributed by atoms with Crippen LogP contribution in [0.25, 0.3) is 0 Å². The lowest BCUT2D eigenvalue weighted by atomic mass is 10.2. The maximum Gasteiger partial charge on any atom is 0.252 e. The zero-order valence-corrected chi connectivity index (χ0v) is 12.1. The maximum atomic E-state index is 12.1. The second-order valence-electron chi connectivity index (χ2n) is 4.86. The molecule has 5 heteroatoms. The molecular formula is C12H17ClFNOSi. The number of hydrogen-bond acceptors (Lipinski definition) is 1. The Morgan fingerprint density at radius 2 is 2.06 bits per heavy atom. The molecule has 1 aromatic carbocycles. The molecule has 2 nitrogen and oxygen atoms in total. The van der Waals surface area contributed by atoms with Crippen LogP contribution in [0.4, 0.5) is 4.39 Å². The molecule has 94 valence electrons. The highest BCUT2D eigenvalue weighted by atomic mass is 35.5. The van der Waals surface area contributed by atoms with Crippen LogP contribution in [0, 0.1) is 0 Å². The molecule has 0 saturated carbocycles. The van der Waals surface area contributed by atoms with E-state index in [-0.39, 0.29) is 12.5 Å². The standard InChI is InChI=1S/C12H17ClFNOSi/c1-17(2,3)10-6-4-5-9(13)11(10)12(16)15-8-7-14/h4-6H,7-8H2,1-3H3,(H,15,16). The summed E-state index contributed by atoms with van der Waals surface area (Å²) in [6, 6.07) is 5.47. The number of halogens is 2. The Hall–Kier alpha value is -0.873. The summed E-state index contributed by atoms with van der Waals surface area (Å²) in [6.07, 6.45) is 0. The minimum atomic E-state index is -1.65. The quantitative estimate of drug-likeness (QED) is 0.840. The molecule has 0 saturated heterocycles. The van der Waals surface area contributed by atoms with Crippen LogP contribution >= 0.6 is 11.6 Å². The van der Waals surface area contributed by atoms with Crippen molar-refractivity contribution in [2.24, 2.45) is 0 Å². The molecule has 0 bridgehead atoms. The predicted molar refractivity (Wildman–Crippen MR) is 72.7 cm³/mol. The Kier molecular flexibility index (Phi) is 4.71. The number of hydrogen-bond donors (Lipinski definition) is 1. The van der Waals surface area contributed by atoms with Crippen LogP contribution in [0.2, 0.25) is 24.7 Å². The molecule has 0 radical (unpaired) electrons. The van der Waals surface area contributed by atoms with Crippen molar-refractivity contribution in [2.75, 3.05) is 13.2 Å². The molecule has 0 aromatic heterocycles. The van der Waals surface area contributed by atoms with Gasteiger partial charge in [0.15, 0.2) is 0 Å². The Labute approximate surface area is 107 Å². The molecule has 0 aliphatic heterocycles. The predicted octanol–water partition coefficient (Wildman–Crippen LogP) is 2.58. The molecule has 1 N–H and O–H groups in total. The fourth-order valence-corrected chi connectivity index (χ4v) is 3.56. The third kappa shape index (κ3) is 3.54. The fourth-order valence-electron chi connectivity index (χ4n) is 1.63. The Morgan fingerprint density at radius 3 is 2.59 bits per heavy atom. The van der Waals surface area contributed by atoms with Crippen LogP contribution in [-0.4, -0.2) is 27.2 Å². The van der Waals surface area contributed by atoms with E-state index in [1.165, 1.54) is 0 Å². The van der Waals surface area contributed by atoms with Crippen LogP contribution < -0.4 is 10.5 Å². The summed E-state index contributed by atoms with van der Waals surface area (Å²) < 4.78 is 12.1. The molecule has 0 aliphatic carbocycles. The maximum absolute atomic E-state index is 12.1. The van der Waals surface area contributed by atoms with Gasteiger partial charge in [-0.15, -0.1) is 0 Å². The van der Waals surface area contributed by atoms with Crippen molar-refractivity contribution in [2.45, 2.75) is 19.6 Å². The summed E-state index contributed by atoms with van der Waals surface area (Å²) in [5.41, 5.74) is 0.502. The van der Waals surface area contributed by atoms with Crippen LogP contribution in [0.3, 0.4) is 0 Å². The summed E-state index contributed by atoms with van der Waals surface area (Å²) in [5, 5.41) is 3.96. The van der Waals surface area contributed by atoms with Crippen molar-refractivity contribution in [3.8, 4) is 0 Å². The van der Waals surface area contributed by atoms with E-state index in [1.54, 1.807) is 6.07 Å². The van der Waals surface area contributed by atoms with Gasteiger partial charge in [0, 0.05) is 6.54 Å². The molecule has 0 atom stereocenters. The van der Waals surface area contributed by atoms with Gasteiger partial charge in [-0.25, -0.2) is 4.39 Å². The van der Waals surface area contributed by atoms with E-state index in [2.05, 4.69) is 25.0 Å². The third-order valence-electron chi connectivity index (χ3n) is 2.43. The molecule has 0 spiro atoms. The van der Waals surface area contributed by atoms with Crippen LogP contribution in [0.15, 0.2) is 18.2 Å². The highest BCUT2D eigenvalue weighted by molar-refractivity contribution is 6.89. The van der Waals surface area contributed by atoms with Gasteiger partial charge >= 0.3 is 0 Å². The average molecular weight is 274 g/mol. The van der Waals surface area contributed by atoms with Crippen molar-refractivity contribution in [1.82, 2.24) is 5.32 Å². The lowest BCUT2D eigenvalue weighted by Gasteiger charge is -2.21. The first-order valence-electron chi connectivity index (χ1n) is 5.51. The monoisotopic (exact) mass is 273 g/mol. The van der Waals surface area contributed by atoms with Crippen molar-refractivity contribution in [3.05, 3.63) is 28.8 Å². The van der Waals surface area contributed by atoms with E-state index < -0.39 is 14.7 Å². The minimum Gasteiger partial charge on any atom is -0.349 e. The molecule has 0 fully saturated rings. The van der Waals surface area contributed by atoms with Gasteiger partial charge < -0.3 is 5.32 Å². The van der Waals surface area contributed by atoms with E-state index in [9.17, 15) is 9.18 Å². The molecule has 0 aliphatic rings. The Balaban J connectivity index is 3.17. The number of carbonyl (C=O) groups is 1. The first-order valence-corrected chi connectivity index (χ1v) is 9.39. The largest absolute Gasteiger partial charge is 0.349 e. The van der Waals surface area contributed by atoms with Crippen LogP contribution in [-0.2, 0) is 0 Å². The van der Waals surface area contributed by atoms with E-state index in [0.717, 1.165) is 5.19 Å². The Morgan fingerprint density at radius 1 is 1.41 bits per heavy atom. The molecule has 1 amide bonds. The van der Waals surface area contributed by atoms with Gasteiger partial charge in [-0.05, 0) is 11.3 Å². The minimum absolute atomic E-state index is 0.0230. The van der Waals surface area contributed by atoms with Crippen LogP contribution in [0.5, 0.6) is 0 Å². The average Bonchev–Trinajstić information content (AvgIpc) is 2.24.